The minimum atomic E-state index is -0.200. The van der Waals surface area contributed by atoms with Crippen molar-refractivity contribution >= 4 is 43.9 Å². The number of benzene rings is 2. The molecule has 28 heavy (non-hydrogen) atoms. The first kappa shape index (κ1) is 18.2. The van der Waals surface area contributed by atoms with Crippen LogP contribution in [0.1, 0.15) is 12.0 Å². The number of amides is 1. The minimum Gasteiger partial charge on any atom is -0.368 e. The lowest BCUT2D eigenvalue weighted by Crippen LogP contribution is -2.27. The molecule has 0 fully saturated rings. The number of rotatable bonds is 7. The smallest absolute Gasteiger partial charge is 0.272 e. The lowest BCUT2D eigenvalue weighted by molar-refractivity contribution is -0.120. The molecule has 142 valence electrons. The summed E-state index contributed by atoms with van der Waals surface area (Å²) in [7, 11) is 0. The van der Waals surface area contributed by atoms with Crippen molar-refractivity contribution in [1.29, 1.82) is 0 Å². The molecule has 0 unspecified atom stereocenters. The van der Waals surface area contributed by atoms with E-state index in [1.807, 2.05) is 30.3 Å². The molecule has 4 aromatic rings. The first-order valence-corrected chi connectivity index (χ1v) is 10.0. The van der Waals surface area contributed by atoms with E-state index >= 15 is 0 Å². The molecule has 1 amide bonds. The maximum Gasteiger partial charge on any atom is 0.272 e. The predicted molar refractivity (Wildman–Crippen MR) is 114 cm³/mol. The molecule has 0 spiro atoms. The first-order chi connectivity index (χ1) is 13.7. The van der Waals surface area contributed by atoms with Gasteiger partial charge in [-0.15, -0.1) is 11.3 Å². The Morgan fingerprint density at radius 2 is 1.75 bits per heavy atom. The molecule has 2 aromatic heterocycles. The highest BCUT2D eigenvalue weighted by Crippen LogP contribution is 2.25. The molecule has 0 saturated heterocycles. The SMILES string of the molecule is O=C(Cc1csc2ccccc12)NCCCNc1n[nH]c(=O)c2ccccc12. The molecule has 0 aliphatic heterocycles. The zero-order chi connectivity index (χ0) is 19.3. The van der Waals surface area contributed by atoms with Crippen LogP contribution >= 0.6 is 11.3 Å². The zero-order valence-corrected chi connectivity index (χ0v) is 16.0. The fourth-order valence-corrected chi connectivity index (χ4v) is 4.14. The third-order valence-electron chi connectivity index (χ3n) is 4.58. The molecule has 7 heteroatoms. The highest BCUT2D eigenvalue weighted by Gasteiger charge is 2.09. The van der Waals surface area contributed by atoms with Crippen molar-refractivity contribution in [2.24, 2.45) is 0 Å². The van der Waals surface area contributed by atoms with Gasteiger partial charge in [-0.1, -0.05) is 36.4 Å². The Hall–Kier alpha value is -3.19. The van der Waals surface area contributed by atoms with Crippen LogP contribution in [0.4, 0.5) is 5.82 Å². The second-order valence-corrected chi connectivity index (χ2v) is 7.42. The Bertz CT molecular complexity index is 1180. The van der Waals surface area contributed by atoms with Gasteiger partial charge in [0.05, 0.1) is 11.8 Å². The van der Waals surface area contributed by atoms with Gasteiger partial charge >= 0.3 is 0 Å². The highest BCUT2D eigenvalue weighted by atomic mass is 32.1. The molecule has 4 rings (SSSR count). The topological polar surface area (TPSA) is 86.9 Å². The minimum absolute atomic E-state index is 0.0242. The van der Waals surface area contributed by atoms with Crippen molar-refractivity contribution in [3.8, 4) is 0 Å². The Kier molecular flexibility index (Phi) is 5.34. The summed E-state index contributed by atoms with van der Waals surface area (Å²) in [4.78, 5) is 24.0. The van der Waals surface area contributed by atoms with E-state index in [1.54, 1.807) is 17.4 Å². The number of nitrogens with one attached hydrogen (secondary N) is 3. The molecule has 0 radical (unpaired) electrons. The number of thiophene rings is 1. The summed E-state index contributed by atoms with van der Waals surface area (Å²) < 4.78 is 1.20. The maximum atomic E-state index is 12.2. The predicted octanol–water partition coefficient (Wildman–Crippen LogP) is 3.30. The normalized spacial score (nSPS) is 11.0. The van der Waals surface area contributed by atoms with Gasteiger partial charge in [0.2, 0.25) is 5.91 Å². The average Bonchev–Trinajstić information content (AvgIpc) is 3.12. The van der Waals surface area contributed by atoms with Crippen LogP contribution in [0.2, 0.25) is 0 Å². The number of nitrogens with zero attached hydrogens (tertiary/aromatic N) is 1. The second-order valence-electron chi connectivity index (χ2n) is 6.51. The van der Waals surface area contributed by atoms with Crippen LogP contribution in [-0.4, -0.2) is 29.2 Å². The van der Waals surface area contributed by atoms with E-state index in [0.29, 0.717) is 30.7 Å². The standard InChI is InChI=1S/C21H20N4O2S/c26-19(12-14-13-28-18-9-4-3-6-15(14)18)22-10-5-11-23-20-16-7-1-2-8-17(16)21(27)25-24-20/h1-4,6-9,13H,5,10-12H2,(H,22,26)(H,23,24)(H,25,27). The number of aromatic amines is 1. The number of fused-ring (bicyclic) bond motifs is 2. The van der Waals surface area contributed by atoms with E-state index in [0.717, 1.165) is 22.8 Å². The number of aromatic nitrogens is 2. The molecule has 0 atom stereocenters. The summed E-state index contributed by atoms with van der Waals surface area (Å²) >= 11 is 1.67. The van der Waals surface area contributed by atoms with Crippen LogP contribution in [0.3, 0.4) is 0 Å². The van der Waals surface area contributed by atoms with E-state index in [9.17, 15) is 9.59 Å². The molecule has 0 bridgehead atoms. The number of hydrogen-bond acceptors (Lipinski definition) is 5. The van der Waals surface area contributed by atoms with Crippen molar-refractivity contribution in [2.75, 3.05) is 18.4 Å². The van der Waals surface area contributed by atoms with Gasteiger partial charge in [-0.3, -0.25) is 9.59 Å². The molecule has 0 saturated carbocycles. The molecular weight excluding hydrogens is 372 g/mol. The fraction of sp³-hybridized carbons (Fsp3) is 0.190. The maximum absolute atomic E-state index is 12.2. The second kappa shape index (κ2) is 8.22. The van der Waals surface area contributed by atoms with Crippen LogP contribution < -0.4 is 16.2 Å². The summed E-state index contributed by atoms with van der Waals surface area (Å²) in [5.41, 5.74) is 0.870. The lowest BCUT2D eigenvalue weighted by atomic mass is 10.1. The Labute approximate surface area is 165 Å². The van der Waals surface area contributed by atoms with E-state index in [-0.39, 0.29) is 11.5 Å². The van der Waals surface area contributed by atoms with E-state index in [2.05, 4.69) is 38.3 Å². The van der Waals surface area contributed by atoms with Gasteiger partial charge < -0.3 is 10.6 Å². The van der Waals surface area contributed by atoms with E-state index in [4.69, 9.17) is 0 Å². The Morgan fingerprint density at radius 1 is 1.00 bits per heavy atom. The van der Waals surface area contributed by atoms with Gasteiger partial charge in [0.15, 0.2) is 5.82 Å². The van der Waals surface area contributed by atoms with Crippen molar-refractivity contribution < 1.29 is 4.79 Å². The summed E-state index contributed by atoms with van der Waals surface area (Å²) in [5.74, 6) is 0.669. The molecule has 6 nitrogen and oxygen atoms in total. The van der Waals surface area contributed by atoms with Gasteiger partial charge in [-0.25, -0.2) is 5.10 Å². The largest absolute Gasteiger partial charge is 0.368 e. The summed E-state index contributed by atoms with van der Waals surface area (Å²) in [6.07, 6.45) is 1.15. The third kappa shape index (κ3) is 3.89. The summed E-state index contributed by atoms with van der Waals surface area (Å²) in [6, 6.07) is 15.5. The summed E-state index contributed by atoms with van der Waals surface area (Å²) in [6.45, 7) is 1.22. The molecule has 2 heterocycles. The monoisotopic (exact) mass is 392 g/mol. The van der Waals surface area contributed by atoms with Crippen LogP contribution in [-0.2, 0) is 11.2 Å². The van der Waals surface area contributed by atoms with Crippen LogP contribution in [0.5, 0.6) is 0 Å². The first-order valence-electron chi connectivity index (χ1n) is 9.15. The van der Waals surface area contributed by atoms with Gasteiger partial charge in [0.25, 0.3) is 5.56 Å². The molecule has 0 aliphatic rings. The van der Waals surface area contributed by atoms with Crippen LogP contribution in [0, 0.1) is 0 Å². The number of H-pyrrole nitrogens is 1. The Morgan fingerprint density at radius 3 is 2.61 bits per heavy atom. The van der Waals surface area contributed by atoms with Crippen molar-refractivity contribution in [1.82, 2.24) is 15.5 Å². The van der Waals surface area contributed by atoms with Crippen molar-refractivity contribution in [2.45, 2.75) is 12.8 Å². The van der Waals surface area contributed by atoms with E-state index < -0.39 is 0 Å². The van der Waals surface area contributed by atoms with Gasteiger partial charge in [0.1, 0.15) is 0 Å². The lowest BCUT2D eigenvalue weighted by Gasteiger charge is -2.09. The van der Waals surface area contributed by atoms with Crippen LogP contribution in [0.15, 0.2) is 58.7 Å². The summed E-state index contributed by atoms with van der Waals surface area (Å²) in [5, 5.41) is 17.4. The zero-order valence-electron chi connectivity index (χ0n) is 15.2. The quantitative estimate of drug-likeness (QED) is 0.421. The number of carbonyl (C=O) groups is 1. The van der Waals surface area contributed by atoms with Crippen LogP contribution in [0.25, 0.3) is 20.9 Å². The van der Waals surface area contributed by atoms with Crippen molar-refractivity contribution in [3.05, 3.63) is 69.8 Å². The third-order valence-corrected chi connectivity index (χ3v) is 5.59. The van der Waals surface area contributed by atoms with Gasteiger partial charge in [-0.05, 0) is 34.9 Å². The Balaban J connectivity index is 1.27. The fourth-order valence-electron chi connectivity index (χ4n) is 3.18. The average molecular weight is 392 g/mol. The van der Waals surface area contributed by atoms with E-state index in [1.165, 1.54) is 4.70 Å². The molecule has 2 aromatic carbocycles. The molecule has 0 aliphatic carbocycles. The van der Waals surface area contributed by atoms with Crippen molar-refractivity contribution in [3.63, 3.8) is 0 Å². The highest BCUT2D eigenvalue weighted by molar-refractivity contribution is 7.17. The van der Waals surface area contributed by atoms with Gasteiger partial charge in [-0.2, -0.15) is 5.10 Å². The molecule has 3 N–H and O–H groups in total. The number of hydrogen-bond donors (Lipinski definition) is 3. The number of anilines is 1. The molecular formula is C21H20N4O2S. The number of carbonyl (C=O) groups excluding carboxylic acids is 1. The van der Waals surface area contributed by atoms with Gasteiger partial charge in [0, 0.05) is 23.2 Å².